The molecule has 1 aromatic rings. The lowest BCUT2D eigenvalue weighted by molar-refractivity contribution is 0.176. The summed E-state index contributed by atoms with van der Waals surface area (Å²) in [5.41, 5.74) is 4.26. The number of anilines is 1. The first kappa shape index (κ1) is 16.3. The summed E-state index contributed by atoms with van der Waals surface area (Å²) >= 11 is 0. The number of fused-ring (bicyclic) bond motifs is 1. The van der Waals surface area contributed by atoms with Crippen LogP contribution in [-0.4, -0.2) is 36.6 Å². The summed E-state index contributed by atoms with van der Waals surface area (Å²) in [5, 5.41) is 7.18. The minimum Gasteiger partial charge on any atom is -0.385 e. The van der Waals surface area contributed by atoms with Gasteiger partial charge in [0, 0.05) is 44.0 Å². The van der Waals surface area contributed by atoms with E-state index in [1.165, 1.54) is 29.7 Å². The molecule has 0 radical (unpaired) electrons. The van der Waals surface area contributed by atoms with Crippen molar-refractivity contribution in [1.29, 1.82) is 0 Å². The molecule has 0 fully saturated rings. The number of aryl methyl sites for hydroxylation is 1. The molecule has 3 heteroatoms. The number of nitrogens with one attached hydrogen (secondary N) is 2. The van der Waals surface area contributed by atoms with Crippen LogP contribution in [-0.2, 0) is 13.0 Å². The normalized spacial score (nSPS) is 14.6. The van der Waals surface area contributed by atoms with Gasteiger partial charge in [0.15, 0.2) is 0 Å². The van der Waals surface area contributed by atoms with Gasteiger partial charge in [0.2, 0.25) is 0 Å². The van der Waals surface area contributed by atoms with Crippen molar-refractivity contribution < 1.29 is 0 Å². The van der Waals surface area contributed by atoms with Gasteiger partial charge in [-0.2, -0.15) is 0 Å². The molecule has 21 heavy (non-hydrogen) atoms. The lowest BCUT2D eigenvalue weighted by Gasteiger charge is -2.30. The Hall–Kier alpha value is -1.06. The van der Waals surface area contributed by atoms with Crippen LogP contribution in [0.25, 0.3) is 0 Å². The van der Waals surface area contributed by atoms with E-state index >= 15 is 0 Å². The molecule has 0 aromatic heterocycles. The number of rotatable bonds is 7. The molecule has 0 spiro atoms. The molecule has 0 amide bonds. The van der Waals surface area contributed by atoms with Gasteiger partial charge in [0.05, 0.1) is 0 Å². The van der Waals surface area contributed by atoms with Crippen LogP contribution in [0.1, 0.15) is 45.2 Å². The summed E-state index contributed by atoms with van der Waals surface area (Å²) < 4.78 is 0. The largest absolute Gasteiger partial charge is 0.385 e. The minimum absolute atomic E-state index is 0.609. The maximum atomic E-state index is 3.61. The van der Waals surface area contributed by atoms with E-state index < -0.39 is 0 Å². The Kier molecular flexibility index (Phi) is 6.07. The second-order valence-corrected chi connectivity index (χ2v) is 6.58. The number of hydrogen-bond acceptors (Lipinski definition) is 3. The third-order valence-electron chi connectivity index (χ3n) is 4.35. The SMILES string of the molecule is CC(C)N(CCNCc1cccc2c1NCCC2)C(C)C. The van der Waals surface area contributed by atoms with Crippen molar-refractivity contribution in [2.24, 2.45) is 0 Å². The summed E-state index contributed by atoms with van der Waals surface area (Å²) in [6.45, 7) is 13.3. The highest BCUT2D eigenvalue weighted by atomic mass is 15.2. The molecule has 2 rings (SSSR count). The van der Waals surface area contributed by atoms with Crippen molar-refractivity contribution in [3.8, 4) is 0 Å². The van der Waals surface area contributed by atoms with E-state index in [2.05, 4.69) is 61.4 Å². The second kappa shape index (κ2) is 7.81. The van der Waals surface area contributed by atoms with Gasteiger partial charge in [-0.15, -0.1) is 0 Å². The van der Waals surface area contributed by atoms with E-state index in [0.29, 0.717) is 12.1 Å². The van der Waals surface area contributed by atoms with Crippen LogP contribution >= 0.6 is 0 Å². The average Bonchev–Trinajstić information content (AvgIpc) is 2.46. The lowest BCUT2D eigenvalue weighted by atomic mass is 9.99. The molecule has 2 N–H and O–H groups in total. The van der Waals surface area contributed by atoms with Crippen LogP contribution in [0.15, 0.2) is 18.2 Å². The summed E-state index contributed by atoms with van der Waals surface area (Å²) in [6.07, 6.45) is 2.46. The fourth-order valence-corrected chi connectivity index (χ4v) is 3.27. The van der Waals surface area contributed by atoms with Gasteiger partial charge in [-0.05, 0) is 51.7 Å². The molecule has 0 bridgehead atoms. The fraction of sp³-hybridized carbons (Fsp3) is 0.667. The van der Waals surface area contributed by atoms with Crippen LogP contribution in [0, 0.1) is 0 Å². The standard InChI is InChI=1S/C18H31N3/c1-14(2)21(15(3)4)12-11-19-13-17-8-5-7-16-9-6-10-20-18(16)17/h5,7-8,14-15,19-20H,6,9-13H2,1-4H3. The Balaban J connectivity index is 1.84. The third-order valence-corrected chi connectivity index (χ3v) is 4.35. The van der Waals surface area contributed by atoms with Gasteiger partial charge in [-0.3, -0.25) is 4.90 Å². The van der Waals surface area contributed by atoms with Crippen molar-refractivity contribution in [3.63, 3.8) is 0 Å². The Morgan fingerprint density at radius 2 is 1.95 bits per heavy atom. The quantitative estimate of drug-likeness (QED) is 0.755. The van der Waals surface area contributed by atoms with E-state index in [4.69, 9.17) is 0 Å². The van der Waals surface area contributed by atoms with Crippen molar-refractivity contribution in [2.45, 2.75) is 59.2 Å². The van der Waals surface area contributed by atoms with E-state index in [9.17, 15) is 0 Å². The van der Waals surface area contributed by atoms with E-state index in [1.54, 1.807) is 0 Å². The first-order valence-corrected chi connectivity index (χ1v) is 8.40. The highest BCUT2D eigenvalue weighted by Crippen LogP contribution is 2.25. The van der Waals surface area contributed by atoms with Crippen molar-refractivity contribution >= 4 is 5.69 Å². The first-order valence-electron chi connectivity index (χ1n) is 8.40. The van der Waals surface area contributed by atoms with Crippen LogP contribution in [0.2, 0.25) is 0 Å². The molecule has 0 atom stereocenters. The summed E-state index contributed by atoms with van der Waals surface area (Å²) in [4.78, 5) is 2.53. The van der Waals surface area contributed by atoms with Gasteiger partial charge >= 0.3 is 0 Å². The van der Waals surface area contributed by atoms with E-state index in [0.717, 1.165) is 26.2 Å². The summed E-state index contributed by atoms with van der Waals surface area (Å²) in [6, 6.07) is 7.91. The molecule has 1 heterocycles. The maximum absolute atomic E-state index is 3.61. The molecular weight excluding hydrogens is 258 g/mol. The number of para-hydroxylation sites is 1. The highest BCUT2D eigenvalue weighted by molar-refractivity contribution is 5.59. The number of benzene rings is 1. The van der Waals surface area contributed by atoms with Crippen LogP contribution < -0.4 is 10.6 Å². The molecule has 118 valence electrons. The van der Waals surface area contributed by atoms with Gasteiger partial charge in [0.1, 0.15) is 0 Å². The van der Waals surface area contributed by atoms with Crippen molar-refractivity contribution in [1.82, 2.24) is 10.2 Å². The Bertz CT molecular complexity index is 432. The molecule has 0 saturated carbocycles. The summed E-state index contributed by atoms with van der Waals surface area (Å²) in [5.74, 6) is 0. The predicted octanol–water partition coefficient (Wildman–Crippen LogP) is 3.25. The zero-order chi connectivity index (χ0) is 15.2. The molecule has 1 aliphatic heterocycles. The minimum atomic E-state index is 0.609. The van der Waals surface area contributed by atoms with Crippen LogP contribution in [0.4, 0.5) is 5.69 Å². The van der Waals surface area contributed by atoms with Gasteiger partial charge < -0.3 is 10.6 Å². The third kappa shape index (κ3) is 4.45. The van der Waals surface area contributed by atoms with E-state index in [-0.39, 0.29) is 0 Å². The fourth-order valence-electron chi connectivity index (χ4n) is 3.27. The monoisotopic (exact) mass is 289 g/mol. The zero-order valence-corrected chi connectivity index (χ0v) is 14.1. The molecule has 0 aliphatic carbocycles. The first-order chi connectivity index (χ1) is 10.1. The maximum Gasteiger partial charge on any atom is 0.0418 e. The van der Waals surface area contributed by atoms with Crippen molar-refractivity contribution in [3.05, 3.63) is 29.3 Å². The summed E-state index contributed by atoms with van der Waals surface area (Å²) in [7, 11) is 0. The van der Waals surface area contributed by atoms with Crippen molar-refractivity contribution in [2.75, 3.05) is 25.0 Å². The van der Waals surface area contributed by atoms with Gasteiger partial charge in [0.25, 0.3) is 0 Å². The Labute approximate surface area is 130 Å². The topological polar surface area (TPSA) is 27.3 Å². The number of hydrogen-bond donors (Lipinski definition) is 2. The molecular formula is C18H31N3. The molecule has 1 aliphatic rings. The molecule has 0 saturated heterocycles. The lowest BCUT2D eigenvalue weighted by Crippen LogP contribution is -2.41. The zero-order valence-electron chi connectivity index (χ0n) is 14.1. The smallest absolute Gasteiger partial charge is 0.0418 e. The van der Waals surface area contributed by atoms with Crippen LogP contribution in [0.3, 0.4) is 0 Å². The van der Waals surface area contributed by atoms with Crippen LogP contribution in [0.5, 0.6) is 0 Å². The Morgan fingerprint density at radius 3 is 2.67 bits per heavy atom. The molecule has 3 nitrogen and oxygen atoms in total. The predicted molar refractivity (Wildman–Crippen MR) is 91.9 cm³/mol. The average molecular weight is 289 g/mol. The second-order valence-electron chi connectivity index (χ2n) is 6.58. The number of nitrogens with zero attached hydrogens (tertiary/aromatic N) is 1. The van der Waals surface area contributed by atoms with Gasteiger partial charge in [-0.1, -0.05) is 18.2 Å². The van der Waals surface area contributed by atoms with E-state index in [1.807, 2.05) is 0 Å². The Morgan fingerprint density at radius 1 is 1.19 bits per heavy atom. The molecule has 1 aromatic carbocycles. The molecule has 0 unspecified atom stereocenters. The highest BCUT2D eigenvalue weighted by Gasteiger charge is 2.14. The van der Waals surface area contributed by atoms with Gasteiger partial charge in [-0.25, -0.2) is 0 Å².